The summed E-state index contributed by atoms with van der Waals surface area (Å²) in [5.41, 5.74) is 1.06. The molecule has 2 aromatic rings. The van der Waals surface area contributed by atoms with Gasteiger partial charge in [0.25, 0.3) is 0 Å². The molecule has 6 nitrogen and oxygen atoms in total. The van der Waals surface area contributed by atoms with Crippen LogP contribution in [-0.2, 0) is 0 Å². The number of nitrogens with zero attached hydrogens (tertiary/aromatic N) is 3. The van der Waals surface area contributed by atoms with Gasteiger partial charge in [0, 0.05) is 7.05 Å². The first-order chi connectivity index (χ1) is 10.2. The van der Waals surface area contributed by atoms with Crippen molar-refractivity contribution in [1.82, 2.24) is 15.0 Å². The highest BCUT2D eigenvalue weighted by atomic mass is 16.5. The van der Waals surface area contributed by atoms with E-state index in [2.05, 4.69) is 20.3 Å². The van der Waals surface area contributed by atoms with Crippen LogP contribution in [0.5, 0.6) is 12.0 Å². The molecule has 112 valence electrons. The van der Waals surface area contributed by atoms with Gasteiger partial charge in [-0.1, -0.05) is 37.3 Å². The van der Waals surface area contributed by atoms with Crippen LogP contribution in [0.15, 0.2) is 30.3 Å². The smallest absolute Gasteiger partial charge is 0.325 e. The van der Waals surface area contributed by atoms with Crippen molar-refractivity contribution < 1.29 is 9.47 Å². The molecule has 0 bridgehead atoms. The summed E-state index contributed by atoms with van der Waals surface area (Å²) in [6.45, 7) is 4.53. The minimum Gasteiger partial charge on any atom is -0.463 e. The molecule has 1 unspecified atom stereocenters. The van der Waals surface area contributed by atoms with Crippen molar-refractivity contribution in [2.45, 2.75) is 26.4 Å². The highest BCUT2D eigenvalue weighted by Gasteiger charge is 2.12. The Bertz CT molecular complexity index is 563. The van der Waals surface area contributed by atoms with E-state index in [1.807, 2.05) is 44.2 Å². The topological polar surface area (TPSA) is 69.2 Å². The summed E-state index contributed by atoms with van der Waals surface area (Å²) in [6.07, 6.45) is 0.731. The number of rotatable bonds is 7. The lowest BCUT2D eigenvalue weighted by molar-refractivity contribution is 0.200. The highest BCUT2D eigenvalue weighted by Crippen LogP contribution is 2.20. The van der Waals surface area contributed by atoms with Gasteiger partial charge in [-0.15, -0.1) is 4.98 Å². The van der Waals surface area contributed by atoms with Crippen molar-refractivity contribution >= 4 is 5.95 Å². The molecular formula is C15H20N4O2. The van der Waals surface area contributed by atoms with Crippen molar-refractivity contribution in [2.75, 3.05) is 19.0 Å². The van der Waals surface area contributed by atoms with E-state index >= 15 is 0 Å². The summed E-state index contributed by atoms with van der Waals surface area (Å²) in [7, 11) is 1.74. The zero-order valence-corrected chi connectivity index (χ0v) is 12.5. The number of hydrogen-bond donors (Lipinski definition) is 1. The van der Waals surface area contributed by atoms with Crippen LogP contribution in [0.2, 0.25) is 0 Å². The Hall–Kier alpha value is -2.37. The van der Waals surface area contributed by atoms with E-state index in [0.29, 0.717) is 12.6 Å². The van der Waals surface area contributed by atoms with Crippen molar-refractivity contribution in [3.63, 3.8) is 0 Å². The molecule has 2 rings (SSSR count). The monoisotopic (exact) mass is 288 g/mol. The van der Waals surface area contributed by atoms with Gasteiger partial charge in [0.15, 0.2) is 0 Å². The van der Waals surface area contributed by atoms with Gasteiger partial charge in [-0.25, -0.2) is 0 Å². The van der Waals surface area contributed by atoms with Crippen LogP contribution in [0.3, 0.4) is 0 Å². The first-order valence-corrected chi connectivity index (χ1v) is 7.01. The van der Waals surface area contributed by atoms with Crippen molar-refractivity contribution in [1.29, 1.82) is 0 Å². The summed E-state index contributed by atoms with van der Waals surface area (Å²) in [6, 6.07) is 10.4. The molecule has 0 aliphatic rings. The summed E-state index contributed by atoms with van der Waals surface area (Å²) in [5, 5.41) is 2.87. The van der Waals surface area contributed by atoms with Gasteiger partial charge in [0.2, 0.25) is 5.95 Å². The molecule has 0 radical (unpaired) electrons. The Morgan fingerprint density at radius 3 is 2.48 bits per heavy atom. The second-order valence-electron chi connectivity index (χ2n) is 4.49. The third kappa shape index (κ3) is 4.30. The fraction of sp³-hybridized carbons (Fsp3) is 0.400. The SMILES string of the molecule is CCCOc1nc(NC)nc(OC(C)c2ccccc2)n1. The van der Waals surface area contributed by atoms with Crippen LogP contribution >= 0.6 is 0 Å². The van der Waals surface area contributed by atoms with Crippen LogP contribution in [-0.4, -0.2) is 28.6 Å². The number of aromatic nitrogens is 3. The van der Waals surface area contributed by atoms with Gasteiger partial charge in [0.1, 0.15) is 6.10 Å². The quantitative estimate of drug-likeness (QED) is 0.845. The fourth-order valence-corrected chi connectivity index (χ4v) is 1.71. The van der Waals surface area contributed by atoms with Gasteiger partial charge >= 0.3 is 12.0 Å². The lowest BCUT2D eigenvalue weighted by atomic mass is 10.1. The predicted octanol–water partition coefficient (Wildman–Crippen LogP) is 2.84. The Balaban J connectivity index is 2.14. The van der Waals surface area contributed by atoms with Crippen molar-refractivity contribution in [2.24, 2.45) is 0 Å². The van der Waals surface area contributed by atoms with Crippen LogP contribution < -0.4 is 14.8 Å². The second kappa shape index (κ2) is 7.42. The third-order valence-corrected chi connectivity index (χ3v) is 2.80. The van der Waals surface area contributed by atoms with E-state index in [1.165, 1.54) is 0 Å². The molecule has 0 fully saturated rings. The Labute approximate surface area is 124 Å². The average molecular weight is 288 g/mol. The molecule has 0 saturated carbocycles. The molecule has 0 amide bonds. The van der Waals surface area contributed by atoms with Crippen molar-refractivity contribution in [3.8, 4) is 12.0 Å². The van der Waals surface area contributed by atoms with E-state index in [4.69, 9.17) is 9.47 Å². The lowest BCUT2D eigenvalue weighted by Crippen LogP contribution is -2.10. The molecule has 0 aliphatic carbocycles. The Morgan fingerprint density at radius 2 is 1.81 bits per heavy atom. The summed E-state index contributed by atoms with van der Waals surface area (Å²) < 4.78 is 11.2. The maximum atomic E-state index is 5.78. The van der Waals surface area contributed by atoms with E-state index in [1.54, 1.807) is 7.05 Å². The number of nitrogens with one attached hydrogen (secondary N) is 1. The third-order valence-electron chi connectivity index (χ3n) is 2.80. The minimum absolute atomic E-state index is 0.155. The Morgan fingerprint density at radius 1 is 1.10 bits per heavy atom. The van der Waals surface area contributed by atoms with E-state index < -0.39 is 0 Å². The normalized spacial score (nSPS) is 11.8. The minimum atomic E-state index is -0.155. The number of anilines is 1. The molecule has 0 aliphatic heterocycles. The zero-order chi connectivity index (χ0) is 15.1. The van der Waals surface area contributed by atoms with Gasteiger partial charge in [-0.2, -0.15) is 9.97 Å². The molecule has 1 atom stereocenters. The van der Waals surface area contributed by atoms with E-state index in [-0.39, 0.29) is 18.1 Å². The second-order valence-corrected chi connectivity index (χ2v) is 4.49. The lowest BCUT2D eigenvalue weighted by Gasteiger charge is -2.14. The maximum Gasteiger partial charge on any atom is 0.325 e. The molecule has 1 aromatic carbocycles. The first kappa shape index (κ1) is 15.0. The molecule has 1 N–H and O–H groups in total. The molecular weight excluding hydrogens is 268 g/mol. The standard InChI is InChI=1S/C15H20N4O2/c1-4-10-20-14-17-13(16-3)18-15(19-14)21-11(2)12-8-6-5-7-9-12/h5-9,11H,4,10H2,1-3H3,(H,16,17,18,19). The van der Waals surface area contributed by atoms with E-state index in [0.717, 1.165) is 12.0 Å². The highest BCUT2D eigenvalue weighted by molar-refractivity contribution is 5.26. The fourth-order valence-electron chi connectivity index (χ4n) is 1.71. The number of benzene rings is 1. The average Bonchev–Trinajstić information content (AvgIpc) is 2.53. The van der Waals surface area contributed by atoms with Crippen LogP contribution in [0, 0.1) is 0 Å². The summed E-state index contributed by atoms with van der Waals surface area (Å²) in [4.78, 5) is 12.5. The van der Waals surface area contributed by atoms with Crippen molar-refractivity contribution in [3.05, 3.63) is 35.9 Å². The molecule has 0 spiro atoms. The zero-order valence-electron chi connectivity index (χ0n) is 12.5. The van der Waals surface area contributed by atoms with Gasteiger partial charge in [-0.3, -0.25) is 0 Å². The van der Waals surface area contributed by atoms with Gasteiger partial charge in [-0.05, 0) is 18.9 Å². The molecule has 1 heterocycles. The molecule has 1 aromatic heterocycles. The first-order valence-electron chi connectivity index (χ1n) is 7.01. The molecule has 6 heteroatoms. The summed E-state index contributed by atoms with van der Waals surface area (Å²) >= 11 is 0. The van der Waals surface area contributed by atoms with Gasteiger partial charge < -0.3 is 14.8 Å². The van der Waals surface area contributed by atoms with Crippen LogP contribution in [0.25, 0.3) is 0 Å². The van der Waals surface area contributed by atoms with Crippen LogP contribution in [0.4, 0.5) is 5.95 Å². The van der Waals surface area contributed by atoms with E-state index in [9.17, 15) is 0 Å². The molecule has 21 heavy (non-hydrogen) atoms. The molecule has 0 saturated heterocycles. The maximum absolute atomic E-state index is 5.78. The van der Waals surface area contributed by atoms with Gasteiger partial charge in [0.05, 0.1) is 6.61 Å². The number of ether oxygens (including phenoxy) is 2. The largest absolute Gasteiger partial charge is 0.463 e. The summed E-state index contributed by atoms with van der Waals surface area (Å²) in [5.74, 6) is 0.423. The Kier molecular flexibility index (Phi) is 5.31. The van der Waals surface area contributed by atoms with Crippen LogP contribution in [0.1, 0.15) is 31.9 Å². The predicted molar refractivity (Wildman–Crippen MR) is 80.6 cm³/mol. The number of hydrogen-bond acceptors (Lipinski definition) is 6.